The van der Waals surface area contributed by atoms with Gasteiger partial charge in [0.25, 0.3) is 0 Å². The Bertz CT molecular complexity index is 579. The van der Waals surface area contributed by atoms with Gasteiger partial charge in [-0.3, -0.25) is 0 Å². The fourth-order valence-electron chi connectivity index (χ4n) is 1.43. The van der Waals surface area contributed by atoms with E-state index in [0.717, 1.165) is 10.2 Å². The first-order valence-corrected chi connectivity index (χ1v) is 6.35. The molecule has 2 aromatic rings. The van der Waals surface area contributed by atoms with E-state index in [0.29, 0.717) is 5.01 Å². The number of hydrogen-bond donors (Lipinski definition) is 1. The van der Waals surface area contributed by atoms with Crippen molar-refractivity contribution in [2.45, 2.75) is 6.42 Å². The van der Waals surface area contributed by atoms with E-state index in [-0.39, 0.29) is 23.6 Å². The van der Waals surface area contributed by atoms with Gasteiger partial charge in [-0.05, 0) is 12.1 Å². The maximum absolute atomic E-state index is 9.73. The first kappa shape index (κ1) is 11.9. The van der Waals surface area contributed by atoms with Crippen molar-refractivity contribution in [3.8, 4) is 6.07 Å². The monoisotopic (exact) mass is 264 g/mol. The largest absolute Gasteiger partial charge is 0.511 e. The fraction of sp³-hybridized carbons (Fsp3) is 0.167. The molecule has 5 heteroatoms. The number of para-hydroxylation sites is 1. The third-order valence-corrected chi connectivity index (χ3v) is 3.48. The minimum absolute atomic E-state index is 0.00144. The first-order chi connectivity index (χ1) is 8.26. The number of aliphatic hydroxyl groups excluding tert-OH is 1. The highest BCUT2D eigenvalue weighted by atomic mass is 35.5. The van der Waals surface area contributed by atoms with Crippen LogP contribution in [0.3, 0.4) is 0 Å². The number of halogens is 1. The Kier molecular flexibility index (Phi) is 3.62. The molecule has 0 bridgehead atoms. The topological polar surface area (TPSA) is 56.9 Å². The number of allylic oxidation sites excluding steroid dienone is 2. The summed E-state index contributed by atoms with van der Waals surface area (Å²) in [4.78, 5) is 4.32. The van der Waals surface area contributed by atoms with Gasteiger partial charge in [0.15, 0.2) is 0 Å². The molecule has 0 fully saturated rings. The molecule has 0 aliphatic rings. The number of aromatic nitrogens is 1. The zero-order chi connectivity index (χ0) is 12.3. The molecule has 1 heterocycles. The molecule has 1 aromatic carbocycles. The summed E-state index contributed by atoms with van der Waals surface area (Å²) in [6.45, 7) is 0. The molecule has 0 spiro atoms. The highest BCUT2D eigenvalue weighted by Gasteiger charge is 2.12. The number of fused-ring (bicyclic) bond motifs is 1. The maximum atomic E-state index is 9.73. The molecule has 3 nitrogen and oxygen atoms in total. The van der Waals surface area contributed by atoms with Crippen LogP contribution in [-0.4, -0.2) is 16.0 Å². The van der Waals surface area contributed by atoms with Gasteiger partial charge >= 0.3 is 0 Å². The maximum Gasteiger partial charge on any atom is 0.138 e. The Hall–Kier alpha value is -1.57. The zero-order valence-corrected chi connectivity index (χ0v) is 10.4. The molecule has 86 valence electrons. The van der Waals surface area contributed by atoms with E-state index in [9.17, 15) is 5.11 Å². The van der Waals surface area contributed by atoms with Gasteiger partial charge in [-0.15, -0.1) is 22.9 Å². The minimum Gasteiger partial charge on any atom is -0.511 e. The van der Waals surface area contributed by atoms with Crippen LogP contribution in [0.15, 0.2) is 30.0 Å². The molecule has 0 aliphatic carbocycles. The number of benzene rings is 1. The normalized spacial score (nSPS) is 12.2. The quantitative estimate of drug-likeness (QED) is 0.522. The van der Waals surface area contributed by atoms with Gasteiger partial charge in [-0.2, -0.15) is 5.26 Å². The Morgan fingerprint density at radius 1 is 1.47 bits per heavy atom. The van der Waals surface area contributed by atoms with E-state index in [2.05, 4.69) is 4.98 Å². The van der Waals surface area contributed by atoms with Crippen LogP contribution >= 0.6 is 22.9 Å². The molecule has 0 radical (unpaired) electrons. The molecule has 0 amide bonds. The summed E-state index contributed by atoms with van der Waals surface area (Å²) >= 11 is 6.93. The predicted octanol–water partition coefficient (Wildman–Crippen LogP) is 3.72. The second-order valence-electron chi connectivity index (χ2n) is 3.36. The van der Waals surface area contributed by atoms with Crippen LogP contribution in [0, 0.1) is 11.3 Å². The van der Waals surface area contributed by atoms with Gasteiger partial charge in [0.05, 0.1) is 10.2 Å². The highest BCUT2D eigenvalue weighted by molar-refractivity contribution is 7.19. The van der Waals surface area contributed by atoms with Crippen LogP contribution in [0.4, 0.5) is 0 Å². The average molecular weight is 265 g/mol. The second kappa shape index (κ2) is 5.17. The van der Waals surface area contributed by atoms with Crippen LogP contribution < -0.4 is 0 Å². The molecule has 0 aliphatic heterocycles. The summed E-state index contributed by atoms with van der Waals surface area (Å²) in [7, 11) is 0. The number of nitrogens with zero attached hydrogens (tertiary/aromatic N) is 2. The summed E-state index contributed by atoms with van der Waals surface area (Å²) in [6, 6.07) is 9.60. The van der Waals surface area contributed by atoms with E-state index in [1.54, 1.807) is 0 Å². The zero-order valence-electron chi connectivity index (χ0n) is 8.85. The third kappa shape index (κ3) is 2.41. The number of hydrogen-bond acceptors (Lipinski definition) is 4. The first-order valence-electron chi connectivity index (χ1n) is 5.00. The van der Waals surface area contributed by atoms with Crippen molar-refractivity contribution in [2.24, 2.45) is 0 Å². The van der Waals surface area contributed by atoms with E-state index >= 15 is 0 Å². The summed E-state index contributed by atoms with van der Waals surface area (Å²) < 4.78 is 0.994. The molecule has 0 atom stereocenters. The standard InChI is InChI=1S/C12H9ClN2OS/c13-6-5-10(16)8(7-14)12-15-9-3-1-2-4-11(9)17-12/h1-4,16H,5-6H2. The van der Waals surface area contributed by atoms with Crippen molar-refractivity contribution in [3.63, 3.8) is 0 Å². The molecular formula is C12H9ClN2OS. The van der Waals surface area contributed by atoms with E-state index in [1.807, 2.05) is 30.3 Å². The number of alkyl halides is 1. The lowest BCUT2D eigenvalue weighted by Gasteiger charge is -1.98. The van der Waals surface area contributed by atoms with Gasteiger partial charge < -0.3 is 5.11 Å². The van der Waals surface area contributed by atoms with Crippen molar-refractivity contribution < 1.29 is 5.11 Å². The van der Waals surface area contributed by atoms with Crippen molar-refractivity contribution in [1.82, 2.24) is 4.98 Å². The van der Waals surface area contributed by atoms with Crippen LogP contribution in [0.25, 0.3) is 15.8 Å². The van der Waals surface area contributed by atoms with Crippen LogP contribution in [0.1, 0.15) is 11.4 Å². The molecule has 2 rings (SSSR count). The molecule has 0 saturated carbocycles. The van der Waals surface area contributed by atoms with Gasteiger partial charge in [0, 0.05) is 12.3 Å². The van der Waals surface area contributed by atoms with Crippen molar-refractivity contribution in [2.75, 3.05) is 5.88 Å². The van der Waals surface area contributed by atoms with Crippen molar-refractivity contribution in [1.29, 1.82) is 5.26 Å². The summed E-state index contributed by atoms with van der Waals surface area (Å²) in [5, 5.41) is 19.3. The highest BCUT2D eigenvalue weighted by Crippen LogP contribution is 2.28. The van der Waals surface area contributed by atoms with E-state index in [1.165, 1.54) is 11.3 Å². The summed E-state index contributed by atoms with van der Waals surface area (Å²) in [5.74, 6) is 0.281. The van der Waals surface area contributed by atoms with Gasteiger partial charge in [0.1, 0.15) is 22.4 Å². The van der Waals surface area contributed by atoms with Crippen molar-refractivity contribution >= 4 is 38.7 Å². The van der Waals surface area contributed by atoms with Gasteiger partial charge in [-0.1, -0.05) is 12.1 Å². The Morgan fingerprint density at radius 2 is 2.24 bits per heavy atom. The summed E-state index contributed by atoms with van der Waals surface area (Å²) in [6.07, 6.45) is 0.278. The van der Waals surface area contributed by atoms with Crippen LogP contribution in [0.5, 0.6) is 0 Å². The van der Waals surface area contributed by atoms with Gasteiger partial charge in [0.2, 0.25) is 0 Å². The Balaban J connectivity index is 2.52. The summed E-state index contributed by atoms with van der Waals surface area (Å²) in [5.41, 5.74) is 1.05. The lowest BCUT2D eigenvalue weighted by molar-refractivity contribution is 0.399. The number of rotatable bonds is 3. The fourth-order valence-corrected chi connectivity index (χ4v) is 2.59. The molecule has 17 heavy (non-hydrogen) atoms. The smallest absolute Gasteiger partial charge is 0.138 e. The minimum atomic E-state index is 0.00144. The molecule has 0 saturated heterocycles. The lowest BCUT2D eigenvalue weighted by Crippen LogP contribution is -1.90. The van der Waals surface area contributed by atoms with Crippen LogP contribution in [-0.2, 0) is 0 Å². The van der Waals surface area contributed by atoms with Crippen LogP contribution in [0.2, 0.25) is 0 Å². The number of aliphatic hydroxyl groups is 1. The average Bonchev–Trinajstić information content (AvgIpc) is 2.73. The van der Waals surface area contributed by atoms with Gasteiger partial charge in [-0.25, -0.2) is 4.98 Å². The SMILES string of the molecule is N#CC(=C(O)CCCl)c1nc2ccccc2s1. The molecule has 0 unspecified atom stereocenters. The van der Waals surface area contributed by atoms with E-state index < -0.39 is 0 Å². The Labute approximate surface area is 108 Å². The number of thiazole rings is 1. The molecular weight excluding hydrogens is 256 g/mol. The van der Waals surface area contributed by atoms with Crippen molar-refractivity contribution in [3.05, 3.63) is 35.0 Å². The second-order valence-corrected chi connectivity index (χ2v) is 4.77. The van der Waals surface area contributed by atoms with E-state index in [4.69, 9.17) is 16.9 Å². The molecule has 1 N–H and O–H groups in total. The molecule has 1 aromatic heterocycles. The number of nitriles is 1. The third-order valence-electron chi connectivity index (χ3n) is 2.24. The lowest BCUT2D eigenvalue weighted by atomic mass is 10.2. The Morgan fingerprint density at radius 3 is 2.88 bits per heavy atom. The predicted molar refractivity (Wildman–Crippen MR) is 70.1 cm³/mol.